The first-order valence-electron chi connectivity index (χ1n) is 6.99. The number of ether oxygens (including phenoxy) is 1. The van der Waals surface area contributed by atoms with Crippen LogP contribution in [0.4, 0.5) is 5.69 Å². The largest absolute Gasteiger partial charge is 0.495 e. The van der Waals surface area contributed by atoms with Crippen LogP contribution >= 0.6 is 0 Å². The van der Waals surface area contributed by atoms with Crippen molar-refractivity contribution in [1.29, 1.82) is 0 Å². The zero-order valence-electron chi connectivity index (χ0n) is 12.8. The zero-order valence-corrected chi connectivity index (χ0v) is 12.8. The van der Waals surface area contributed by atoms with E-state index in [4.69, 9.17) is 10.5 Å². The van der Waals surface area contributed by atoms with Gasteiger partial charge in [-0.05, 0) is 32.1 Å². The smallest absolute Gasteiger partial charge is 0.253 e. The minimum Gasteiger partial charge on any atom is -0.495 e. The van der Waals surface area contributed by atoms with Crippen LogP contribution in [-0.4, -0.2) is 43.6 Å². The van der Waals surface area contributed by atoms with E-state index in [1.54, 1.807) is 18.2 Å². The third kappa shape index (κ3) is 4.13. The van der Waals surface area contributed by atoms with E-state index in [0.717, 1.165) is 19.6 Å². The van der Waals surface area contributed by atoms with E-state index >= 15 is 0 Å². The van der Waals surface area contributed by atoms with Gasteiger partial charge in [0.05, 0.1) is 18.4 Å². The molecule has 1 aromatic carbocycles. The molecule has 0 radical (unpaired) electrons. The molecule has 0 saturated carbocycles. The fourth-order valence-corrected chi connectivity index (χ4v) is 2.14. The molecule has 0 fully saturated rings. The van der Waals surface area contributed by atoms with Crippen molar-refractivity contribution in [3.63, 3.8) is 0 Å². The summed E-state index contributed by atoms with van der Waals surface area (Å²) in [5, 5.41) is 2.97. The van der Waals surface area contributed by atoms with Gasteiger partial charge in [-0.1, -0.05) is 19.9 Å². The van der Waals surface area contributed by atoms with E-state index in [2.05, 4.69) is 24.1 Å². The standard InChI is InChI=1S/C15H25N3O2/c1-5-18(6-2)10-11(3)17-15(19)12-8-7-9-13(20-4)14(12)16/h7-9,11H,5-6,10,16H2,1-4H3,(H,17,19). The lowest BCUT2D eigenvalue weighted by atomic mass is 10.1. The van der Waals surface area contributed by atoms with Gasteiger partial charge in [-0.2, -0.15) is 0 Å². The molecule has 1 aromatic rings. The summed E-state index contributed by atoms with van der Waals surface area (Å²) >= 11 is 0. The van der Waals surface area contributed by atoms with Crippen molar-refractivity contribution in [2.45, 2.75) is 26.8 Å². The predicted molar refractivity (Wildman–Crippen MR) is 82.1 cm³/mol. The fourth-order valence-electron chi connectivity index (χ4n) is 2.14. The molecule has 112 valence electrons. The molecule has 0 aromatic heterocycles. The average Bonchev–Trinajstić information content (AvgIpc) is 2.44. The number of hydrogen-bond acceptors (Lipinski definition) is 4. The molecule has 0 aliphatic heterocycles. The third-order valence-electron chi connectivity index (χ3n) is 3.33. The Balaban J connectivity index is 2.71. The molecule has 1 amide bonds. The van der Waals surface area contributed by atoms with Crippen LogP contribution in [0.1, 0.15) is 31.1 Å². The Kier molecular flexibility index (Phi) is 6.31. The number of nitrogens with one attached hydrogen (secondary N) is 1. The number of anilines is 1. The van der Waals surface area contributed by atoms with Crippen LogP contribution in [0.3, 0.4) is 0 Å². The first-order valence-corrected chi connectivity index (χ1v) is 6.99. The second-order valence-corrected chi connectivity index (χ2v) is 4.78. The number of nitrogens with two attached hydrogens (primary N) is 1. The number of carbonyl (C=O) groups excluding carboxylic acids is 1. The van der Waals surface area contributed by atoms with Crippen LogP contribution in [0.15, 0.2) is 18.2 Å². The molecule has 0 spiro atoms. The Morgan fingerprint density at radius 1 is 1.40 bits per heavy atom. The number of amides is 1. The van der Waals surface area contributed by atoms with Gasteiger partial charge in [0.25, 0.3) is 5.91 Å². The highest BCUT2D eigenvalue weighted by Gasteiger charge is 2.16. The van der Waals surface area contributed by atoms with Crippen LogP contribution in [0.2, 0.25) is 0 Å². The number of benzene rings is 1. The van der Waals surface area contributed by atoms with Crippen molar-refractivity contribution in [2.24, 2.45) is 0 Å². The quantitative estimate of drug-likeness (QED) is 0.746. The number of hydrogen-bond donors (Lipinski definition) is 2. The Bertz CT molecular complexity index is 445. The van der Waals surface area contributed by atoms with Crippen LogP contribution in [0, 0.1) is 0 Å². The second-order valence-electron chi connectivity index (χ2n) is 4.78. The molecular formula is C15H25N3O2. The summed E-state index contributed by atoms with van der Waals surface area (Å²) in [7, 11) is 1.54. The van der Waals surface area contributed by atoms with Gasteiger partial charge >= 0.3 is 0 Å². The predicted octanol–water partition coefficient (Wildman–Crippen LogP) is 1.74. The monoisotopic (exact) mass is 279 g/mol. The number of carbonyl (C=O) groups is 1. The number of para-hydroxylation sites is 1. The highest BCUT2D eigenvalue weighted by Crippen LogP contribution is 2.24. The van der Waals surface area contributed by atoms with Crippen molar-refractivity contribution in [1.82, 2.24) is 10.2 Å². The summed E-state index contributed by atoms with van der Waals surface area (Å²) in [5.41, 5.74) is 6.76. The van der Waals surface area contributed by atoms with E-state index in [9.17, 15) is 4.79 Å². The molecule has 0 saturated heterocycles. The fraction of sp³-hybridized carbons (Fsp3) is 0.533. The van der Waals surface area contributed by atoms with Crippen LogP contribution < -0.4 is 15.8 Å². The minimum absolute atomic E-state index is 0.0630. The number of nitrogen functional groups attached to an aromatic ring is 1. The van der Waals surface area contributed by atoms with Gasteiger partial charge in [0, 0.05) is 12.6 Å². The van der Waals surface area contributed by atoms with Gasteiger partial charge in [0.1, 0.15) is 5.75 Å². The zero-order chi connectivity index (χ0) is 15.1. The Morgan fingerprint density at radius 2 is 2.05 bits per heavy atom. The maximum absolute atomic E-state index is 12.2. The highest BCUT2D eigenvalue weighted by molar-refractivity contribution is 6.00. The summed E-state index contributed by atoms with van der Waals surface area (Å²) in [6.07, 6.45) is 0. The van der Waals surface area contributed by atoms with Gasteiger partial charge in [-0.15, -0.1) is 0 Å². The number of methoxy groups -OCH3 is 1. The minimum atomic E-state index is -0.166. The molecular weight excluding hydrogens is 254 g/mol. The summed E-state index contributed by atoms with van der Waals surface area (Å²) in [6, 6.07) is 5.27. The third-order valence-corrected chi connectivity index (χ3v) is 3.33. The highest BCUT2D eigenvalue weighted by atomic mass is 16.5. The number of nitrogens with zero attached hydrogens (tertiary/aromatic N) is 1. The first-order chi connectivity index (χ1) is 9.53. The topological polar surface area (TPSA) is 67.6 Å². The summed E-state index contributed by atoms with van der Waals surface area (Å²) in [5.74, 6) is 0.357. The Labute approximate surface area is 121 Å². The van der Waals surface area contributed by atoms with Gasteiger partial charge in [-0.3, -0.25) is 4.79 Å². The first kappa shape index (κ1) is 16.3. The maximum Gasteiger partial charge on any atom is 0.253 e. The molecule has 0 aliphatic rings. The Hall–Kier alpha value is -1.75. The normalized spacial score (nSPS) is 12.2. The lowest BCUT2D eigenvalue weighted by Crippen LogP contribution is -2.42. The van der Waals surface area contributed by atoms with Crippen molar-refractivity contribution in [3.05, 3.63) is 23.8 Å². The molecule has 0 aliphatic carbocycles. The molecule has 5 heteroatoms. The van der Waals surface area contributed by atoms with Crippen molar-refractivity contribution >= 4 is 11.6 Å². The molecule has 20 heavy (non-hydrogen) atoms. The lowest BCUT2D eigenvalue weighted by Gasteiger charge is -2.23. The maximum atomic E-state index is 12.2. The summed E-state index contributed by atoms with van der Waals surface area (Å²) in [6.45, 7) is 8.97. The van der Waals surface area contributed by atoms with Crippen molar-refractivity contribution < 1.29 is 9.53 Å². The SMILES string of the molecule is CCN(CC)CC(C)NC(=O)c1cccc(OC)c1N. The van der Waals surface area contributed by atoms with Gasteiger partial charge < -0.3 is 20.7 Å². The van der Waals surface area contributed by atoms with Gasteiger partial charge in [-0.25, -0.2) is 0 Å². The van der Waals surface area contributed by atoms with Crippen LogP contribution in [0.5, 0.6) is 5.75 Å². The average molecular weight is 279 g/mol. The van der Waals surface area contributed by atoms with E-state index < -0.39 is 0 Å². The summed E-state index contributed by atoms with van der Waals surface area (Å²) in [4.78, 5) is 14.5. The van der Waals surface area contributed by atoms with Gasteiger partial charge in [0.15, 0.2) is 0 Å². The van der Waals surface area contributed by atoms with Crippen molar-refractivity contribution in [3.8, 4) is 5.75 Å². The molecule has 3 N–H and O–H groups in total. The van der Waals surface area contributed by atoms with Crippen LogP contribution in [0.25, 0.3) is 0 Å². The number of likely N-dealkylation sites (N-methyl/N-ethyl adjacent to an activating group) is 1. The van der Waals surface area contributed by atoms with E-state index in [1.165, 1.54) is 7.11 Å². The van der Waals surface area contributed by atoms with Crippen molar-refractivity contribution in [2.75, 3.05) is 32.5 Å². The summed E-state index contributed by atoms with van der Waals surface area (Å²) < 4.78 is 5.13. The lowest BCUT2D eigenvalue weighted by molar-refractivity contribution is 0.0931. The molecule has 5 nitrogen and oxygen atoms in total. The van der Waals surface area contributed by atoms with E-state index in [1.807, 2.05) is 6.92 Å². The molecule has 0 bridgehead atoms. The number of rotatable bonds is 7. The second kappa shape index (κ2) is 7.75. The molecule has 1 atom stereocenters. The molecule has 0 heterocycles. The van der Waals surface area contributed by atoms with E-state index in [0.29, 0.717) is 17.0 Å². The molecule has 1 unspecified atom stereocenters. The molecule has 1 rings (SSSR count). The van der Waals surface area contributed by atoms with E-state index in [-0.39, 0.29) is 11.9 Å². The Morgan fingerprint density at radius 3 is 2.60 bits per heavy atom. The van der Waals surface area contributed by atoms with Gasteiger partial charge in [0.2, 0.25) is 0 Å². The van der Waals surface area contributed by atoms with Crippen LogP contribution in [-0.2, 0) is 0 Å².